The largest absolute Gasteiger partial charge is 0.325 e. The molecule has 0 aromatic heterocycles. The quantitative estimate of drug-likeness (QED) is 0.770. The first kappa shape index (κ1) is 14.4. The van der Waals surface area contributed by atoms with Crippen LogP contribution in [-0.2, 0) is 14.6 Å². The Labute approximate surface area is 103 Å². The molecule has 2 atom stereocenters. The Morgan fingerprint density at radius 1 is 1.41 bits per heavy atom. The van der Waals surface area contributed by atoms with Gasteiger partial charge in [-0.1, -0.05) is 20.8 Å². The minimum atomic E-state index is -3.03. The van der Waals surface area contributed by atoms with Crippen molar-refractivity contribution >= 4 is 15.7 Å². The van der Waals surface area contributed by atoms with Crippen LogP contribution in [-0.4, -0.2) is 50.0 Å². The average Bonchev–Trinajstić information content (AvgIpc) is 2.51. The zero-order valence-corrected chi connectivity index (χ0v) is 11.8. The Morgan fingerprint density at radius 2 is 2.00 bits per heavy atom. The summed E-state index contributed by atoms with van der Waals surface area (Å²) in [6.45, 7) is 6.25. The van der Waals surface area contributed by atoms with E-state index in [1.54, 1.807) is 4.90 Å². The number of hydrogen-bond donors (Lipinski definition) is 1. The molecule has 0 aromatic rings. The van der Waals surface area contributed by atoms with Crippen LogP contribution < -0.4 is 5.32 Å². The van der Waals surface area contributed by atoms with Crippen LogP contribution in [0.1, 0.15) is 27.2 Å². The molecule has 1 amide bonds. The normalized spacial score (nSPS) is 25.9. The molecule has 1 rings (SSSR count). The lowest BCUT2D eigenvalue weighted by Gasteiger charge is -2.22. The number of nitrogens with zero attached hydrogens (tertiary/aromatic N) is 1. The first-order valence-electron chi connectivity index (χ1n) is 6.00. The van der Waals surface area contributed by atoms with Gasteiger partial charge < -0.3 is 4.90 Å². The van der Waals surface area contributed by atoms with Crippen molar-refractivity contribution in [2.75, 3.05) is 18.6 Å². The van der Waals surface area contributed by atoms with Crippen molar-refractivity contribution in [3.05, 3.63) is 0 Å². The molecule has 1 fully saturated rings. The molecule has 1 saturated heterocycles. The molecule has 0 spiro atoms. The third kappa shape index (κ3) is 3.67. The molecule has 0 bridgehead atoms. The van der Waals surface area contributed by atoms with E-state index in [1.807, 2.05) is 20.8 Å². The van der Waals surface area contributed by atoms with E-state index in [4.69, 9.17) is 0 Å². The second kappa shape index (κ2) is 5.35. The number of amides is 1. The van der Waals surface area contributed by atoms with Gasteiger partial charge in [0.1, 0.15) is 9.84 Å². The fraction of sp³-hybridized carbons (Fsp3) is 0.909. The summed E-state index contributed by atoms with van der Waals surface area (Å²) in [5.41, 5.74) is 0. The molecule has 5 nitrogen and oxygen atoms in total. The van der Waals surface area contributed by atoms with Gasteiger partial charge >= 0.3 is 0 Å². The van der Waals surface area contributed by atoms with Gasteiger partial charge in [0.15, 0.2) is 0 Å². The van der Waals surface area contributed by atoms with Crippen molar-refractivity contribution < 1.29 is 13.2 Å². The fourth-order valence-corrected chi connectivity index (χ4v) is 2.58. The standard InChI is InChI=1S/C11H22N2O3S/c1-5-9-12-10(8(2)3)11(14)13(9)6-7-17(4,15)16/h8-10,12H,5-7H2,1-4H3. The molecule has 1 heterocycles. The van der Waals surface area contributed by atoms with Gasteiger partial charge in [0, 0.05) is 12.8 Å². The van der Waals surface area contributed by atoms with Gasteiger partial charge in [-0.15, -0.1) is 0 Å². The van der Waals surface area contributed by atoms with E-state index in [-0.39, 0.29) is 36.3 Å². The lowest BCUT2D eigenvalue weighted by molar-refractivity contribution is -0.130. The summed E-state index contributed by atoms with van der Waals surface area (Å²) < 4.78 is 22.3. The van der Waals surface area contributed by atoms with Gasteiger partial charge in [0.25, 0.3) is 0 Å². The SMILES string of the molecule is CCC1NC(C(C)C)C(=O)N1CCS(C)(=O)=O. The van der Waals surface area contributed by atoms with Crippen LogP contribution in [0.15, 0.2) is 0 Å². The molecule has 100 valence electrons. The fourth-order valence-electron chi connectivity index (χ4n) is 2.05. The molecular formula is C11H22N2O3S. The lowest BCUT2D eigenvalue weighted by Crippen LogP contribution is -2.39. The van der Waals surface area contributed by atoms with Crippen molar-refractivity contribution in [1.82, 2.24) is 10.2 Å². The molecule has 1 aliphatic rings. The zero-order valence-electron chi connectivity index (χ0n) is 10.9. The Bertz CT molecular complexity index is 378. The van der Waals surface area contributed by atoms with E-state index in [2.05, 4.69) is 5.32 Å². The molecule has 6 heteroatoms. The zero-order chi connectivity index (χ0) is 13.2. The van der Waals surface area contributed by atoms with Crippen molar-refractivity contribution in [2.24, 2.45) is 5.92 Å². The number of carbonyl (C=O) groups is 1. The molecule has 0 saturated carbocycles. The van der Waals surface area contributed by atoms with Crippen LogP contribution in [0.5, 0.6) is 0 Å². The third-order valence-electron chi connectivity index (χ3n) is 3.05. The maximum absolute atomic E-state index is 12.1. The number of nitrogens with one attached hydrogen (secondary N) is 1. The molecule has 2 unspecified atom stereocenters. The Morgan fingerprint density at radius 3 is 2.41 bits per heavy atom. The second-order valence-electron chi connectivity index (χ2n) is 4.97. The lowest BCUT2D eigenvalue weighted by atomic mass is 10.1. The maximum Gasteiger partial charge on any atom is 0.241 e. The molecule has 0 radical (unpaired) electrons. The summed E-state index contributed by atoms with van der Waals surface area (Å²) in [5.74, 6) is 0.275. The molecule has 1 aliphatic heterocycles. The summed E-state index contributed by atoms with van der Waals surface area (Å²) >= 11 is 0. The highest BCUT2D eigenvalue weighted by molar-refractivity contribution is 7.90. The van der Waals surface area contributed by atoms with Gasteiger partial charge in [0.05, 0.1) is 18.0 Å². The summed E-state index contributed by atoms with van der Waals surface area (Å²) in [7, 11) is -3.03. The van der Waals surface area contributed by atoms with Crippen molar-refractivity contribution in [2.45, 2.75) is 39.4 Å². The average molecular weight is 262 g/mol. The Kier molecular flexibility index (Phi) is 4.55. The Hall–Kier alpha value is -0.620. The molecule has 1 N–H and O–H groups in total. The molecule has 17 heavy (non-hydrogen) atoms. The third-order valence-corrected chi connectivity index (χ3v) is 3.98. The molecule has 0 aliphatic carbocycles. The van der Waals surface area contributed by atoms with E-state index in [0.29, 0.717) is 0 Å². The molecular weight excluding hydrogens is 240 g/mol. The van der Waals surface area contributed by atoms with Crippen LogP contribution >= 0.6 is 0 Å². The van der Waals surface area contributed by atoms with E-state index >= 15 is 0 Å². The van der Waals surface area contributed by atoms with Crippen LogP contribution in [0.4, 0.5) is 0 Å². The van der Waals surface area contributed by atoms with Gasteiger partial charge in [0.2, 0.25) is 5.91 Å². The van der Waals surface area contributed by atoms with Crippen molar-refractivity contribution in [3.63, 3.8) is 0 Å². The topological polar surface area (TPSA) is 66.5 Å². The second-order valence-corrected chi connectivity index (χ2v) is 7.23. The van der Waals surface area contributed by atoms with E-state index in [9.17, 15) is 13.2 Å². The number of carbonyl (C=O) groups excluding carboxylic acids is 1. The van der Waals surface area contributed by atoms with Gasteiger partial charge in [-0.3, -0.25) is 10.1 Å². The highest BCUT2D eigenvalue weighted by atomic mass is 32.2. The van der Waals surface area contributed by atoms with Gasteiger partial charge in [-0.25, -0.2) is 8.42 Å². The summed E-state index contributed by atoms with van der Waals surface area (Å²) in [4.78, 5) is 13.8. The van der Waals surface area contributed by atoms with E-state index in [1.165, 1.54) is 6.26 Å². The number of hydrogen-bond acceptors (Lipinski definition) is 4. The van der Waals surface area contributed by atoms with Crippen LogP contribution in [0.2, 0.25) is 0 Å². The maximum atomic E-state index is 12.1. The monoisotopic (exact) mass is 262 g/mol. The van der Waals surface area contributed by atoms with E-state index in [0.717, 1.165) is 6.42 Å². The highest BCUT2D eigenvalue weighted by Gasteiger charge is 2.39. The van der Waals surface area contributed by atoms with Crippen molar-refractivity contribution in [1.29, 1.82) is 0 Å². The van der Waals surface area contributed by atoms with E-state index < -0.39 is 9.84 Å². The highest BCUT2D eigenvalue weighted by Crippen LogP contribution is 2.18. The summed E-state index contributed by atoms with van der Waals surface area (Å²) in [6, 6.07) is -0.181. The first-order chi connectivity index (χ1) is 7.76. The minimum Gasteiger partial charge on any atom is -0.325 e. The van der Waals surface area contributed by atoms with Gasteiger partial charge in [-0.05, 0) is 12.3 Å². The van der Waals surface area contributed by atoms with Crippen molar-refractivity contribution in [3.8, 4) is 0 Å². The predicted octanol–water partition coefficient (Wildman–Crippen LogP) is 0.224. The van der Waals surface area contributed by atoms with Crippen LogP contribution in [0.3, 0.4) is 0 Å². The first-order valence-corrected chi connectivity index (χ1v) is 8.06. The Balaban J connectivity index is 2.72. The van der Waals surface area contributed by atoms with Gasteiger partial charge in [-0.2, -0.15) is 0 Å². The number of rotatable bonds is 5. The number of sulfone groups is 1. The molecule has 0 aromatic carbocycles. The minimum absolute atomic E-state index is 0.0236. The summed E-state index contributed by atoms with van der Waals surface area (Å²) in [6.07, 6.45) is 1.96. The summed E-state index contributed by atoms with van der Waals surface area (Å²) in [5, 5.41) is 3.26. The van der Waals surface area contributed by atoms with Crippen LogP contribution in [0, 0.1) is 5.92 Å². The van der Waals surface area contributed by atoms with Crippen LogP contribution in [0.25, 0.3) is 0 Å². The predicted molar refractivity (Wildman–Crippen MR) is 67.3 cm³/mol. The smallest absolute Gasteiger partial charge is 0.241 e.